The zero-order valence-electron chi connectivity index (χ0n) is 11.9. The molecule has 0 aliphatic carbocycles. The molecule has 0 unspecified atom stereocenters. The van der Waals surface area contributed by atoms with Gasteiger partial charge in [0.05, 0.1) is 12.8 Å². The van der Waals surface area contributed by atoms with Gasteiger partial charge in [-0.25, -0.2) is 0 Å². The minimum atomic E-state index is -0.359. The molecule has 0 fully saturated rings. The lowest BCUT2D eigenvalue weighted by Crippen LogP contribution is -2.20. The number of phenolic OH excluding ortho intramolecular Hbond substituents is 1. The Balaban J connectivity index is 1.97. The molecule has 0 atom stereocenters. The van der Waals surface area contributed by atoms with E-state index in [9.17, 15) is 9.90 Å². The van der Waals surface area contributed by atoms with Crippen LogP contribution in [0, 0.1) is 6.92 Å². The van der Waals surface area contributed by atoms with Crippen LogP contribution < -0.4 is 14.8 Å². The quantitative estimate of drug-likeness (QED) is 0.830. The van der Waals surface area contributed by atoms with Crippen LogP contribution in [0.1, 0.15) is 5.56 Å². The Kier molecular flexibility index (Phi) is 4.66. The average molecular weight is 287 g/mol. The highest BCUT2D eigenvalue weighted by Gasteiger charge is 2.09. The van der Waals surface area contributed by atoms with Crippen LogP contribution in [0.15, 0.2) is 42.5 Å². The van der Waals surface area contributed by atoms with Gasteiger partial charge in [-0.15, -0.1) is 0 Å². The molecule has 5 nitrogen and oxygen atoms in total. The van der Waals surface area contributed by atoms with E-state index in [2.05, 4.69) is 5.32 Å². The van der Waals surface area contributed by atoms with Crippen molar-refractivity contribution in [1.29, 1.82) is 0 Å². The monoisotopic (exact) mass is 287 g/mol. The number of amides is 1. The number of carbonyl (C=O) groups is 1. The highest BCUT2D eigenvalue weighted by Crippen LogP contribution is 2.27. The first kappa shape index (κ1) is 14.7. The predicted molar refractivity (Wildman–Crippen MR) is 80.0 cm³/mol. The first-order valence-electron chi connectivity index (χ1n) is 6.45. The molecule has 0 spiro atoms. The standard InChI is InChI=1S/C16H17NO4/c1-11-5-3-4-6-15(11)21-10-16(19)17-13-9-12(20-2)7-8-14(13)18/h3-9,18H,10H2,1-2H3,(H,17,19). The second-order valence-electron chi connectivity index (χ2n) is 4.49. The summed E-state index contributed by atoms with van der Waals surface area (Å²) in [5, 5.41) is 12.3. The van der Waals surface area contributed by atoms with Gasteiger partial charge in [0.2, 0.25) is 0 Å². The van der Waals surface area contributed by atoms with E-state index in [1.165, 1.54) is 13.2 Å². The maximum Gasteiger partial charge on any atom is 0.262 e. The average Bonchev–Trinajstić information content (AvgIpc) is 2.48. The Hall–Kier alpha value is -2.69. The lowest BCUT2D eigenvalue weighted by Gasteiger charge is -2.11. The molecule has 2 rings (SSSR count). The third-order valence-corrected chi connectivity index (χ3v) is 2.93. The molecule has 0 aliphatic heterocycles. The highest BCUT2D eigenvalue weighted by molar-refractivity contribution is 5.93. The van der Waals surface area contributed by atoms with Gasteiger partial charge in [0, 0.05) is 6.07 Å². The number of aromatic hydroxyl groups is 1. The molecule has 2 N–H and O–H groups in total. The van der Waals surface area contributed by atoms with E-state index in [1.54, 1.807) is 18.2 Å². The summed E-state index contributed by atoms with van der Waals surface area (Å²) in [5.74, 6) is 0.812. The van der Waals surface area contributed by atoms with Crippen LogP contribution in [0.5, 0.6) is 17.2 Å². The van der Waals surface area contributed by atoms with Gasteiger partial charge in [0.25, 0.3) is 5.91 Å². The Labute approximate surface area is 123 Å². The number of anilines is 1. The van der Waals surface area contributed by atoms with Crippen LogP contribution in [0.4, 0.5) is 5.69 Å². The SMILES string of the molecule is COc1ccc(O)c(NC(=O)COc2ccccc2C)c1. The van der Waals surface area contributed by atoms with Gasteiger partial charge >= 0.3 is 0 Å². The summed E-state index contributed by atoms with van der Waals surface area (Å²) in [5.41, 5.74) is 1.24. The zero-order valence-corrected chi connectivity index (χ0v) is 11.9. The van der Waals surface area contributed by atoms with E-state index < -0.39 is 0 Å². The lowest BCUT2D eigenvalue weighted by atomic mass is 10.2. The molecule has 2 aromatic carbocycles. The molecule has 2 aromatic rings. The van der Waals surface area contributed by atoms with Crippen LogP contribution in [-0.4, -0.2) is 24.7 Å². The number of para-hydroxylation sites is 1. The van der Waals surface area contributed by atoms with Gasteiger partial charge in [-0.2, -0.15) is 0 Å². The fourth-order valence-electron chi connectivity index (χ4n) is 1.79. The molecule has 0 aliphatic rings. The number of hydrogen-bond donors (Lipinski definition) is 2. The van der Waals surface area contributed by atoms with Gasteiger partial charge in [-0.1, -0.05) is 18.2 Å². The van der Waals surface area contributed by atoms with Gasteiger partial charge in [-0.05, 0) is 30.7 Å². The van der Waals surface area contributed by atoms with Gasteiger partial charge < -0.3 is 19.9 Å². The Bertz CT molecular complexity index is 640. The van der Waals surface area contributed by atoms with E-state index in [4.69, 9.17) is 9.47 Å². The fourth-order valence-corrected chi connectivity index (χ4v) is 1.79. The topological polar surface area (TPSA) is 67.8 Å². The van der Waals surface area contributed by atoms with Crippen molar-refractivity contribution in [2.45, 2.75) is 6.92 Å². The van der Waals surface area contributed by atoms with E-state index in [0.29, 0.717) is 11.5 Å². The van der Waals surface area contributed by atoms with Gasteiger partial charge in [-0.3, -0.25) is 4.79 Å². The summed E-state index contributed by atoms with van der Waals surface area (Å²) in [7, 11) is 1.51. The number of hydrogen-bond acceptors (Lipinski definition) is 4. The van der Waals surface area contributed by atoms with Crippen LogP contribution in [0.25, 0.3) is 0 Å². The van der Waals surface area contributed by atoms with E-state index >= 15 is 0 Å². The molecule has 0 aromatic heterocycles. The number of methoxy groups -OCH3 is 1. The number of phenols is 1. The maximum atomic E-state index is 11.9. The third-order valence-electron chi connectivity index (χ3n) is 2.93. The minimum Gasteiger partial charge on any atom is -0.506 e. The molecule has 0 saturated heterocycles. The van der Waals surface area contributed by atoms with Crippen LogP contribution in [0.3, 0.4) is 0 Å². The summed E-state index contributed by atoms with van der Waals surface area (Å²) in [6.45, 7) is 1.77. The van der Waals surface area contributed by atoms with Gasteiger partial charge in [0.1, 0.15) is 17.2 Å². The molecular formula is C16H17NO4. The highest BCUT2D eigenvalue weighted by atomic mass is 16.5. The Morgan fingerprint density at radius 1 is 1.24 bits per heavy atom. The molecule has 110 valence electrons. The van der Waals surface area contributed by atoms with Crippen LogP contribution in [-0.2, 0) is 4.79 Å². The number of benzene rings is 2. The summed E-state index contributed by atoms with van der Waals surface area (Å²) < 4.78 is 10.5. The second kappa shape index (κ2) is 6.65. The number of nitrogens with one attached hydrogen (secondary N) is 1. The van der Waals surface area contributed by atoms with Crippen LogP contribution in [0.2, 0.25) is 0 Å². The van der Waals surface area contributed by atoms with Crippen molar-refractivity contribution in [3.63, 3.8) is 0 Å². The lowest BCUT2D eigenvalue weighted by molar-refractivity contribution is -0.118. The van der Waals surface area contributed by atoms with Crippen molar-refractivity contribution >= 4 is 11.6 Å². The minimum absolute atomic E-state index is 0.0277. The van der Waals surface area contributed by atoms with E-state index in [-0.39, 0.29) is 24.0 Å². The molecule has 21 heavy (non-hydrogen) atoms. The number of aryl methyl sites for hydroxylation is 1. The van der Waals surface area contributed by atoms with Crippen molar-refractivity contribution in [3.8, 4) is 17.2 Å². The Morgan fingerprint density at radius 3 is 2.71 bits per heavy atom. The van der Waals surface area contributed by atoms with Crippen molar-refractivity contribution in [1.82, 2.24) is 0 Å². The smallest absolute Gasteiger partial charge is 0.262 e. The molecule has 0 saturated carbocycles. The summed E-state index contributed by atoms with van der Waals surface area (Å²) in [6.07, 6.45) is 0. The van der Waals surface area contributed by atoms with Crippen LogP contribution >= 0.6 is 0 Å². The second-order valence-corrected chi connectivity index (χ2v) is 4.49. The summed E-state index contributed by atoms with van der Waals surface area (Å²) >= 11 is 0. The van der Waals surface area contributed by atoms with Crippen molar-refractivity contribution in [2.24, 2.45) is 0 Å². The maximum absolute atomic E-state index is 11.9. The van der Waals surface area contributed by atoms with E-state index in [1.807, 2.05) is 25.1 Å². The first-order chi connectivity index (χ1) is 10.1. The zero-order chi connectivity index (χ0) is 15.2. The number of rotatable bonds is 5. The van der Waals surface area contributed by atoms with Crippen molar-refractivity contribution < 1.29 is 19.4 Å². The summed E-state index contributed by atoms with van der Waals surface area (Å²) in [4.78, 5) is 11.9. The van der Waals surface area contributed by atoms with E-state index in [0.717, 1.165) is 5.56 Å². The van der Waals surface area contributed by atoms with Crippen molar-refractivity contribution in [2.75, 3.05) is 19.0 Å². The molecule has 1 amide bonds. The molecular weight excluding hydrogens is 270 g/mol. The molecule has 0 radical (unpaired) electrons. The fraction of sp³-hybridized carbons (Fsp3) is 0.188. The Morgan fingerprint density at radius 2 is 2.00 bits per heavy atom. The third kappa shape index (κ3) is 3.89. The van der Waals surface area contributed by atoms with Crippen molar-refractivity contribution in [3.05, 3.63) is 48.0 Å². The first-order valence-corrected chi connectivity index (χ1v) is 6.45. The summed E-state index contributed by atoms with van der Waals surface area (Å²) in [6, 6.07) is 12.0. The largest absolute Gasteiger partial charge is 0.506 e. The molecule has 0 heterocycles. The molecule has 5 heteroatoms. The number of carbonyl (C=O) groups excluding carboxylic acids is 1. The molecule has 0 bridgehead atoms. The van der Waals surface area contributed by atoms with Gasteiger partial charge in [0.15, 0.2) is 6.61 Å². The normalized spacial score (nSPS) is 10.0. The number of ether oxygens (including phenoxy) is 2. The predicted octanol–water partition coefficient (Wildman–Crippen LogP) is 2.73.